The van der Waals surface area contributed by atoms with E-state index in [9.17, 15) is 0 Å². The first-order valence-corrected chi connectivity index (χ1v) is 19.1. The van der Waals surface area contributed by atoms with Crippen LogP contribution in [0.15, 0.2) is 152 Å². The molecule has 5 heteroatoms. The summed E-state index contributed by atoms with van der Waals surface area (Å²) in [6, 6.07) is 46.0. The van der Waals surface area contributed by atoms with E-state index in [1.165, 1.54) is 50.5 Å². The molecule has 0 fully saturated rings. The number of allylic oxidation sites excluding steroid dienone is 4. The summed E-state index contributed by atoms with van der Waals surface area (Å²) in [6.07, 6.45) is 14.7. The Bertz CT molecular complexity index is 2160. The van der Waals surface area contributed by atoms with Crippen molar-refractivity contribution < 1.29 is 20.1 Å². The molecule has 278 valence electrons. The van der Waals surface area contributed by atoms with Crippen LogP contribution in [0.4, 0.5) is 11.4 Å². The average molecular weight is 898 g/mol. The number of benzene rings is 5. The summed E-state index contributed by atoms with van der Waals surface area (Å²) in [7, 11) is 0. The fourth-order valence-electron chi connectivity index (χ4n) is 7.41. The second-order valence-electron chi connectivity index (χ2n) is 14.6. The number of nitrogens with zero attached hydrogens (tertiary/aromatic N) is 4. The maximum absolute atomic E-state index is 4.66. The topological polar surface area (TPSA) is 24.3 Å². The minimum atomic E-state index is 0. The summed E-state index contributed by atoms with van der Waals surface area (Å²) in [5.41, 5.74) is 13.5. The summed E-state index contributed by atoms with van der Waals surface area (Å²) in [5.74, 6) is 2.27. The molecule has 0 amide bonds. The number of hydrogen-bond donors (Lipinski definition) is 0. The third-order valence-electron chi connectivity index (χ3n) is 10.2. The van der Waals surface area contributed by atoms with Crippen molar-refractivity contribution in [2.24, 2.45) is 0 Å². The fourth-order valence-corrected chi connectivity index (χ4v) is 7.41. The molecule has 0 N–H and O–H groups in total. The van der Waals surface area contributed by atoms with Crippen molar-refractivity contribution in [3.63, 3.8) is 0 Å². The van der Waals surface area contributed by atoms with Crippen LogP contribution < -0.4 is 9.80 Å². The van der Waals surface area contributed by atoms with Gasteiger partial charge in [-0.25, -0.2) is 17.1 Å². The Hall–Kier alpha value is -5.22. The van der Waals surface area contributed by atoms with E-state index in [-0.39, 0.29) is 26.0 Å². The Kier molecular flexibility index (Phi) is 12.9. The van der Waals surface area contributed by atoms with Crippen LogP contribution in [0.5, 0.6) is 0 Å². The van der Waals surface area contributed by atoms with E-state index >= 15 is 0 Å². The molecule has 1 aliphatic heterocycles. The van der Waals surface area contributed by atoms with Gasteiger partial charge in [-0.1, -0.05) is 119 Å². The summed E-state index contributed by atoms with van der Waals surface area (Å²) in [6.45, 7) is 15.6. The molecule has 6 aromatic rings. The molecule has 8 rings (SSSR count). The SMILES string of the molecule is CC(C)c1cccc(C(C)C)c1-n1ccnc1C1[C-]=CC=CC1.Cc1ccccc1C1=C(c2ccccc2C)N(c2ccccc2)[CH-]N1c1[c-]cccc1.[Ir+3]. The molecule has 1 unspecified atom stereocenters. The van der Waals surface area contributed by atoms with Crippen LogP contribution in [-0.2, 0) is 20.1 Å². The first-order chi connectivity index (χ1) is 26.3. The first kappa shape index (κ1) is 39.5. The molecule has 5 aromatic carbocycles. The zero-order chi connectivity index (χ0) is 37.6. The molecule has 1 aromatic heterocycles. The zero-order valence-electron chi connectivity index (χ0n) is 32.6. The number of hydrogen-bond acceptors (Lipinski definition) is 3. The molecule has 0 radical (unpaired) electrons. The van der Waals surface area contributed by atoms with Crippen LogP contribution in [0.3, 0.4) is 0 Å². The summed E-state index contributed by atoms with van der Waals surface area (Å²) in [5, 5.41) is 0. The van der Waals surface area contributed by atoms with Gasteiger partial charge in [0.05, 0.1) is 5.69 Å². The van der Waals surface area contributed by atoms with Crippen molar-refractivity contribution in [1.29, 1.82) is 0 Å². The molecule has 4 nitrogen and oxygen atoms in total. The number of para-hydroxylation sites is 3. The average Bonchev–Trinajstić information content (AvgIpc) is 3.85. The fraction of sp³-hybridized carbons (Fsp3) is 0.200. The van der Waals surface area contributed by atoms with Gasteiger partial charge in [-0.15, -0.1) is 12.4 Å². The van der Waals surface area contributed by atoms with Crippen LogP contribution in [0, 0.1) is 32.7 Å². The van der Waals surface area contributed by atoms with E-state index < -0.39 is 0 Å². The normalized spacial score (nSPS) is 15.0. The molecule has 0 bridgehead atoms. The largest absolute Gasteiger partial charge is 3.00 e. The summed E-state index contributed by atoms with van der Waals surface area (Å²) < 4.78 is 2.29. The van der Waals surface area contributed by atoms with Crippen molar-refractivity contribution in [3.05, 3.63) is 210 Å². The second kappa shape index (κ2) is 17.9. The van der Waals surface area contributed by atoms with Gasteiger partial charge in [-0.05, 0) is 66.0 Å². The number of anilines is 2. The van der Waals surface area contributed by atoms with Gasteiger partial charge in [0.15, 0.2) is 0 Å². The number of imidazole rings is 1. The first-order valence-electron chi connectivity index (χ1n) is 19.1. The van der Waals surface area contributed by atoms with Crippen LogP contribution in [0.1, 0.15) is 91.1 Å². The van der Waals surface area contributed by atoms with E-state index in [0.717, 1.165) is 23.6 Å². The Morgan fingerprint density at radius 2 is 1.29 bits per heavy atom. The van der Waals surface area contributed by atoms with Gasteiger partial charge in [-0.2, -0.15) is 36.4 Å². The monoisotopic (exact) mass is 898 g/mol. The van der Waals surface area contributed by atoms with Crippen LogP contribution >= 0.6 is 0 Å². The Morgan fingerprint density at radius 1 is 0.691 bits per heavy atom. The third kappa shape index (κ3) is 8.39. The molecule has 2 heterocycles. The summed E-state index contributed by atoms with van der Waals surface area (Å²) in [4.78, 5) is 9.22. The molecule has 1 atom stereocenters. The van der Waals surface area contributed by atoms with Gasteiger partial charge in [0, 0.05) is 40.6 Å². The quantitative estimate of drug-likeness (QED) is 0.142. The van der Waals surface area contributed by atoms with E-state index in [4.69, 9.17) is 0 Å². The molecular formula is C50H49IrN4. The van der Waals surface area contributed by atoms with Gasteiger partial charge in [-0.3, -0.25) is 6.08 Å². The van der Waals surface area contributed by atoms with Crippen molar-refractivity contribution in [3.8, 4) is 5.69 Å². The van der Waals surface area contributed by atoms with Gasteiger partial charge in [0.1, 0.15) is 5.82 Å². The minimum Gasteiger partial charge on any atom is -0.493 e. The van der Waals surface area contributed by atoms with E-state index in [2.05, 4.69) is 207 Å². The number of aromatic nitrogens is 2. The van der Waals surface area contributed by atoms with Gasteiger partial charge in [0.25, 0.3) is 0 Å². The predicted octanol–water partition coefficient (Wildman–Crippen LogP) is 12.6. The van der Waals surface area contributed by atoms with Crippen LogP contribution in [-0.4, -0.2) is 9.55 Å². The van der Waals surface area contributed by atoms with Gasteiger partial charge < -0.3 is 14.4 Å². The van der Waals surface area contributed by atoms with E-state index in [1.807, 2.05) is 24.4 Å². The third-order valence-corrected chi connectivity index (χ3v) is 10.2. The Morgan fingerprint density at radius 3 is 1.85 bits per heavy atom. The van der Waals surface area contributed by atoms with E-state index in [0.29, 0.717) is 11.8 Å². The Balaban J connectivity index is 0.000000192. The smallest absolute Gasteiger partial charge is 0.493 e. The maximum Gasteiger partial charge on any atom is 3.00 e. The van der Waals surface area contributed by atoms with Crippen LogP contribution in [0.25, 0.3) is 17.1 Å². The molecule has 1 aliphatic carbocycles. The standard InChI is InChI=1S/C29H24N2.C21H25N2.Ir/c1-22-13-9-11-19-26(22)28-29(27-20-12-10-14-23(27)2)31(25-17-7-4-8-18-25)21-30(28)24-15-5-3-6-16-24;1-15(2)18-11-8-12-19(16(3)4)20(18)23-14-13-22-21(23)17-9-6-5-7-10-17;/h3-17,19-21H,1-2H3;5-8,11-17H,9H2,1-4H3;/q-2;-1;+3. The Labute approximate surface area is 341 Å². The molecule has 55 heavy (non-hydrogen) atoms. The molecule has 0 saturated carbocycles. The minimum absolute atomic E-state index is 0. The van der Waals surface area contributed by atoms with Gasteiger partial charge >= 0.3 is 20.1 Å². The number of rotatable bonds is 8. The zero-order valence-corrected chi connectivity index (χ0v) is 35.0. The molecule has 0 saturated heterocycles. The van der Waals surface area contributed by atoms with Crippen molar-refractivity contribution >= 4 is 22.8 Å². The van der Waals surface area contributed by atoms with Crippen molar-refractivity contribution in [2.45, 2.75) is 65.7 Å². The van der Waals surface area contributed by atoms with Crippen LogP contribution in [0.2, 0.25) is 0 Å². The second-order valence-corrected chi connectivity index (χ2v) is 14.6. The molecule has 0 spiro atoms. The summed E-state index contributed by atoms with van der Waals surface area (Å²) >= 11 is 0. The maximum atomic E-state index is 4.66. The molecule has 2 aliphatic rings. The predicted molar refractivity (Wildman–Crippen MR) is 226 cm³/mol. The number of aryl methyl sites for hydroxylation is 2. The van der Waals surface area contributed by atoms with E-state index in [1.54, 1.807) is 0 Å². The van der Waals surface area contributed by atoms with Crippen molar-refractivity contribution in [1.82, 2.24) is 9.55 Å². The van der Waals surface area contributed by atoms with Gasteiger partial charge in [0.2, 0.25) is 0 Å². The van der Waals surface area contributed by atoms with Crippen molar-refractivity contribution in [2.75, 3.05) is 9.80 Å². The molecular weight excluding hydrogens is 849 g/mol.